The highest BCUT2D eigenvalue weighted by atomic mass is 16.3. The average molecular weight is 194 g/mol. The van der Waals surface area contributed by atoms with Gasteiger partial charge in [-0.05, 0) is 31.0 Å². The van der Waals surface area contributed by atoms with Gasteiger partial charge in [0.25, 0.3) is 0 Å². The third-order valence-electron chi connectivity index (χ3n) is 2.53. The molecule has 0 fully saturated rings. The summed E-state index contributed by atoms with van der Waals surface area (Å²) in [4.78, 5) is 0. The summed E-state index contributed by atoms with van der Waals surface area (Å²) in [6.45, 7) is 7.78. The fourth-order valence-electron chi connectivity index (χ4n) is 1.90. The monoisotopic (exact) mass is 194 g/mol. The zero-order chi connectivity index (χ0) is 10.9. The molecule has 0 radical (unpaired) electrons. The van der Waals surface area contributed by atoms with Crippen LogP contribution in [-0.4, -0.2) is 16.8 Å². The Morgan fingerprint density at radius 3 is 2.21 bits per heavy atom. The molecule has 0 atom stereocenters. The van der Waals surface area contributed by atoms with Gasteiger partial charge in [0, 0.05) is 11.0 Å². The van der Waals surface area contributed by atoms with E-state index in [4.69, 9.17) is 0 Å². The Labute approximate surface area is 85.2 Å². The fourth-order valence-corrected chi connectivity index (χ4v) is 1.90. The molecule has 0 bridgehead atoms. The van der Waals surface area contributed by atoms with Crippen molar-refractivity contribution in [3.63, 3.8) is 0 Å². The lowest BCUT2D eigenvalue weighted by molar-refractivity contribution is 0.214. The number of aliphatic hydroxyl groups is 1. The summed E-state index contributed by atoms with van der Waals surface area (Å²) in [6.07, 6.45) is 0. The first-order valence-corrected chi connectivity index (χ1v) is 4.80. The molecule has 0 aliphatic carbocycles. The lowest BCUT2D eigenvalue weighted by Crippen LogP contribution is -2.23. The second kappa shape index (κ2) is 3.62. The zero-order valence-electron chi connectivity index (χ0n) is 9.26. The van der Waals surface area contributed by atoms with Crippen molar-refractivity contribution in [2.75, 3.05) is 6.61 Å². The number of aromatic hydroxyl groups is 1. The summed E-state index contributed by atoms with van der Waals surface area (Å²) >= 11 is 0. The molecular formula is C12H18O2. The van der Waals surface area contributed by atoms with Crippen LogP contribution in [0.5, 0.6) is 5.75 Å². The van der Waals surface area contributed by atoms with Crippen LogP contribution in [0.4, 0.5) is 0 Å². The van der Waals surface area contributed by atoms with Gasteiger partial charge < -0.3 is 10.2 Å². The standard InChI is InChI=1S/C12H18O2/c1-8-5-9(2)11(10(14)6-8)12(3,4)7-13/h5-6,13-14H,7H2,1-4H3. The van der Waals surface area contributed by atoms with Crippen molar-refractivity contribution in [2.24, 2.45) is 0 Å². The van der Waals surface area contributed by atoms with Crippen LogP contribution in [0.3, 0.4) is 0 Å². The van der Waals surface area contributed by atoms with E-state index in [-0.39, 0.29) is 17.8 Å². The van der Waals surface area contributed by atoms with Gasteiger partial charge in [0.2, 0.25) is 0 Å². The van der Waals surface area contributed by atoms with Crippen LogP contribution in [0.25, 0.3) is 0 Å². The summed E-state index contributed by atoms with van der Waals surface area (Å²) in [5, 5.41) is 19.1. The number of hydrogen-bond acceptors (Lipinski definition) is 2. The normalized spacial score (nSPS) is 11.8. The minimum atomic E-state index is -0.387. The highest BCUT2D eigenvalue weighted by Crippen LogP contribution is 2.34. The Kier molecular flexibility index (Phi) is 2.86. The quantitative estimate of drug-likeness (QED) is 0.758. The SMILES string of the molecule is Cc1cc(C)c(C(C)(C)CO)c(O)c1. The largest absolute Gasteiger partial charge is 0.508 e. The molecule has 0 heterocycles. The Morgan fingerprint density at radius 1 is 1.21 bits per heavy atom. The van der Waals surface area contributed by atoms with Crippen LogP contribution in [0.2, 0.25) is 0 Å². The maximum absolute atomic E-state index is 9.83. The number of benzene rings is 1. The number of aryl methyl sites for hydroxylation is 2. The van der Waals surface area contributed by atoms with E-state index in [1.54, 1.807) is 6.07 Å². The molecule has 0 spiro atoms. The molecule has 2 N–H and O–H groups in total. The lowest BCUT2D eigenvalue weighted by Gasteiger charge is -2.25. The van der Waals surface area contributed by atoms with Gasteiger partial charge in [-0.1, -0.05) is 19.9 Å². The van der Waals surface area contributed by atoms with Crippen molar-refractivity contribution in [3.8, 4) is 5.75 Å². The van der Waals surface area contributed by atoms with E-state index in [1.807, 2.05) is 33.8 Å². The van der Waals surface area contributed by atoms with Crippen molar-refractivity contribution in [3.05, 3.63) is 28.8 Å². The maximum atomic E-state index is 9.83. The van der Waals surface area contributed by atoms with Crippen LogP contribution >= 0.6 is 0 Å². The number of hydrogen-bond donors (Lipinski definition) is 2. The summed E-state index contributed by atoms with van der Waals surface area (Å²) in [7, 11) is 0. The van der Waals surface area contributed by atoms with Crippen molar-refractivity contribution in [2.45, 2.75) is 33.1 Å². The zero-order valence-corrected chi connectivity index (χ0v) is 9.26. The van der Waals surface area contributed by atoms with E-state index in [0.717, 1.165) is 16.7 Å². The van der Waals surface area contributed by atoms with E-state index in [2.05, 4.69) is 0 Å². The number of phenolic OH excluding ortho intramolecular Hbond substituents is 1. The summed E-state index contributed by atoms with van der Waals surface area (Å²) < 4.78 is 0. The van der Waals surface area contributed by atoms with Gasteiger partial charge in [-0.25, -0.2) is 0 Å². The van der Waals surface area contributed by atoms with E-state index in [9.17, 15) is 10.2 Å². The predicted molar refractivity (Wildman–Crippen MR) is 57.7 cm³/mol. The molecular weight excluding hydrogens is 176 g/mol. The minimum Gasteiger partial charge on any atom is -0.508 e. The molecule has 0 unspecified atom stereocenters. The molecule has 1 rings (SSSR count). The molecule has 1 aromatic rings. The first-order valence-electron chi connectivity index (χ1n) is 4.80. The molecule has 0 amide bonds. The van der Waals surface area contributed by atoms with E-state index < -0.39 is 0 Å². The number of rotatable bonds is 2. The van der Waals surface area contributed by atoms with Crippen molar-refractivity contribution in [1.29, 1.82) is 0 Å². The molecule has 0 aliphatic heterocycles. The smallest absolute Gasteiger partial charge is 0.119 e. The third kappa shape index (κ3) is 1.90. The van der Waals surface area contributed by atoms with Crippen LogP contribution in [0, 0.1) is 13.8 Å². The summed E-state index contributed by atoms with van der Waals surface area (Å²) in [5.74, 6) is 0.279. The molecule has 0 aliphatic rings. The average Bonchev–Trinajstić information content (AvgIpc) is 2.01. The van der Waals surface area contributed by atoms with Gasteiger partial charge >= 0.3 is 0 Å². The minimum absolute atomic E-state index is 0.0322. The summed E-state index contributed by atoms with van der Waals surface area (Å²) in [6, 6.07) is 3.76. The second-order valence-electron chi connectivity index (χ2n) is 4.52. The van der Waals surface area contributed by atoms with E-state index >= 15 is 0 Å². The molecule has 78 valence electrons. The van der Waals surface area contributed by atoms with Gasteiger partial charge in [-0.2, -0.15) is 0 Å². The van der Waals surface area contributed by atoms with Gasteiger partial charge in [0.05, 0.1) is 6.61 Å². The van der Waals surface area contributed by atoms with Gasteiger partial charge in [-0.3, -0.25) is 0 Å². The topological polar surface area (TPSA) is 40.5 Å². The number of aliphatic hydroxyl groups excluding tert-OH is 1. The van der Waals surface area contributed by atoms with Crippen LogP contribution < -0.4 is 0 Å². The van der Waals surface area contributed by atoms with Gasteiger partial charge in [0.15, 0.2) is 0 Å². The first kappa shape index (κ1) is 11.1. The molecule has 14 heavy (non-hydrogen) atoms. The van der Waals surface area contributed by atoms with Gasteiger partial charge in [-0.15, -0.1) is 0 Å². The maximum Gasteiger partial charge on any atom is 0.119 e. The molecule has 2 nitrogen and oxygen atoms in total. The Hall–Kier alpha value is -1.02. The summed E-state index contributed by atoms with van der Waals surface area (Å²) in [5.41, 5.74) is 2.52. The Bertz CT molecular complexity index is 317. The van der Waals surface area contributed by atoms with Gasteiger partial charge in [0.1, 0.15) is 5.75 Å². The van der Waals surface area contributed by atoms with Crippen molar-refractivity contribution >= 4 is 0 Å². The highest BCUT2D eigenvalue weighted by molar-refractivity contribution is 5.46. The lowest BCUT2D eigenvalue weighted by atomic mass is 9.81. The fraction of sp³-hybridized carbons (Fsp3) is 0.500. The predicted octanol–water partition coefficient (Wildman–Crippen LogP) is 2.28. The van der Waals surface area contributed by atoms with Crippen LogP contribution in [0.1, 0.15) is 30.5 Å². The molecule has 0 saturated carbocycles. The van der Waals surface area contributed by atoms with Crippen LogP contribution in [-0.2, 0) is 5.41 Å². The van der Waals surface area contributed by atoms with Crippen molar-refractivity contribution in [1.82, 2.24) is 0 Å². The number of phenols is 1. The molecule has 0 saturated heterocycles. The Morgan fingerprint density at radius 2 is 1.79 bits per heavy atom. The van der Waals surface area contributed by atoms with E-state index in [1.165, 1.54) is 0 Å². The van der Waals surface area contributed by atoms with E-state index in [0.29, 0.717) is 0 Å². The molecule has 2 heteroatoms. The van der Waals surface area contributed by atoms with Crippen LogP contribution in [0.15, 0.2) is 12.1 Å². The second-order valence-corrected chi connectivity index (χ2v) is 4.52. The highest BCUT2D eigenvalue weighted by Gasteiger charge is 2.24. The Balaban J connectivity index is 3.35. The van der Waals surface area contributed by atoms with Crippen molar-refractivity contribution < 1.29 is 10.2 Å². The third-order valence-corrected chi connectivity index (χ3v) is 2.53. The molecule has 0 aromatic heterocycles. The first-order chi connectivity index (χ1) is 6.38. The molecule has 1 aromatic carbocycles.